The van der Waals surface area contributed by atoms with Gasteiger partial charge in [-0.3, -0.25) is 20.4 Å². The van der Waals surface area contributed by atoms with Gasteiger partial charge in [0.05, 0.1) is 12.1 Å². The number of carbonyl (C=O) groups is 2. The van der Waals surface area contributed by atoms with E-state index in [2.05, 4.69) is 24.5 Å². The van der Waals surface area contributed by atoms with Crippen molar-refractivity contribution >= 4 is 17.5 Å². The first-order chi connectivity index (χ1) is 14.8. The number of anilines is 1. The third-order valence-corrected chi connectivity index (χ3v) is 5.07. The highest BCUT2D eigenvalue weighted by molar-refractivity contribution is 5.80. The third kappa shape index (κ3) is 8.32. The van der Waals surface area contributed by atoms with Gasteiger partial charge in [-0.05, 0) is 42.4 Å². The first-order valence-corrected chi connectivity index (χ1v) is 10.4. The fourth-order valence-electron chi connectivity index (χ4n) is 3.15. The molecule has 6 nitrogen and oxygen atoms in total. The fraction of sp³-hybridized carbons (Fsp3) is 0.435. The van der Waals surface area contributed by atoms with Crippen molar-refractivity contribution in [3.8, 4) is 0 Å². The zero-order valence-corrected chi connectivity index (χ0v) is 18.3. The maximum absolute atomic E-state index is 12.4. The van der Waals surface area contributed by atoms with E-state index in [1.54, 1.807) is 31.1 Å². The molecule has 0 spiro atoms. The van der Waals surface area contributed by atoms with Crippen LogP contribution in [-0.2, 0) is 29.0 Å². The molecule has 0 bridgehead atoms. The lowest BCUT2D eigenvalue weighted by Gasteiger charge is -2.16. The van der Waals surface area contributed by atoms with Crippen molar-refractivity contribution in [3.05, 3.63) is 59.9 Å². The predicted octanol–water partition coefficient (Wildman–Crippen LogP) is 2.97. The molecule has 0 radical (unpaired) electrons. The summed E-state index contributed by atoms with van der Waals surface area (Å²) in [7, 11) is 3.51. The van der Waals surface area contributed by atoms with E-state index < -0.39 is 12.3 Å². The molecule has 1 aromatic heterocycles. The van der Waals surface area contributed by atoms with Gasteiger partial charge in [-0.25, -0.2) is 4.57 Å². The van der Waals surface area contributed by atoms with Crippen molar-refractivity contribution in [1.29, 1.82) is 0 Å². The van der Waals surface area contributed by atoms with Gasteiger partial charge >= 0.3 is 12.3 Å². The number of para-hydroxylation sites is 1. The van der Waals surface area contributed by atoms with E-state index in [-0.39, 0.29) is 5.91 Å². The van der Waals surface area contributed by atoms with Gasteiger partial charge in [0.1, 0.15) is 0 Å². The summed E-state index contributed by atoms with van der Waals surface area (Å²) in [4.78, 5) is 24.4. The smallest absolute Gasteiger partial charge is 0.317 e. The summed E-state index contributed by atoms with van der Waals surface area (Å²) in [6.45, 7) is 2.80. The molecule has 1 heterocycles. The Morgan fingerprint density at radius 3 is 2.42 bits per heavy atom. The summed E-state index contributed by atoms with van der Waals surface area (Å²) in [6, 6.07) is 11.5. The molecule has 2 N–H and O–H groups in total. The number of amides is 2. The molecule has 2 amide bonds. The van der Waals surface area contributed by atoms with Crippen molar-refractivity contribution < 1.29 is 22.9 Å². The van der Waals surface area contributed by atoms with Gasteiger partial charge in [0.25, 0.3) is 0 Å². The minimum absolute atomic E-state index is 0.106. The zero-order chi connectivity index (χ0) is 22.8. The van der Waals surface area contributed by atoms with Crippen LogP contribution in [0.5, 0.6) is 0 Å². The third-order valence-electron chi connectivity index (χ3n) is 5.07. The molecule has 168 valence electrons. The number of nitrogens with zero attached hydrogens (tertiary/aromatic N) is 2. The number of hydrogen-bond acceptors (Lipinski definition) is 3. The highest BCUT2D eigenvalue weighted by atomic mass is 19.3. The predicted molar refractivity (Wildman–Crippen MR) is 115 cm³/mol. The van der Waals surface area contributed by atoms with Crippen LogP contribution in [0.1, 0.15) is 30.9 Å². The molecule has 0 aliphatic rings. The van der Waals surface area contributed by atoms with E-state index in [0.717, 1.165) is 24.8 Å². The number of aryl methyl sites for hydroxylation is 2. The number of hydrazine groups is 1. The Hall–Kier alpha value is -3.03. The highest BCUT2D eigenvalue weighted by Gasteiger charge is 2.15. The van der Waals surface area contributed by atoms with Crippen molar-refractivity contribution in [1.82, 2.24) is 10.3 Å². The molecule has 2 rings (SSSR count). The van der Waals surface area contributed by atoms with Crippen LogP contribution in [0.2, 0.25) is 0 Å². The summed E-state index contributed by atoms with van der Waals surface area (Å²) in [5.41, 5.74) is 7.43. The zero-order valence-electron chi connectivity index (χ0n) is 18.3. The SMILES string of the molecule is CC(CCc1cc[n+](CCC(=O)N(C)C)cc1)Cc1ccccc1NNC(=O)C(F)F. The normalized spacial score (nSPS) is 11.8. The second-order valence-corrected chi connectivity index (χ2v) is 7.90. The lowest BCUT2D eigenvalue weighted by Crippen LogP contribution is -2.36. The summed E-state index contributed by atoms with van der Waals surface area (Å²) >= 11 is 0. The van der Waals surface area contributed by atoms with Crippen LogP contribution in [0.15, 0.2) is 48.8 Å². The second-order valence-electron chi connectivity index (χ2n) is 7.90. The molecule has 31 heavy (non-hydrogen) atoms. The summed E-state index contributed by atoms with van der Waals surface area (Å²) in [5, 5.41) is 0. The molecule has 2 aromatic rings. The minimum Gasteiger partial charge on any atom is -0.349 e. The molecule has 1 atom stereocenters. The molecule has 1 aromatic carbocycles. The molecule has 0 aliphatic heterocycles. The van der Waals surface area contributed by atoms with Gasteiger partial charge in [0.2, 0.25) is 5.91 Å². The Morgan fingerprint density at radius 2 is 1.77 bits per heavy atom. The molecular weight excluding hydrogens is 402 g/mol. The first-order valence-electron chi connectivity index (χ1n) is 10.4. The number of alkyl halides is 2. The summed E-state index contributed by atoms with van der Waals surface area (Å²) in [5.74, 6) is -0.886. The largest absolute Gasteiger partial charge is 0.349 e. The van der Waals surface area contributed by atoms with E-state index in [4.69, 9.17) is 0 Å². The van der Waals surface area contributed by atoms with E-state index in [1.807, 2.05) is 34.5 Å². The van der Waals surface area contributed by atoms with Gasteiger partial charge in [0.15, 0.2) is 18.9 Å². The van der Waals surface area contributed by atoms with Crippen LogP contribution in [0.3, 0.4) is 0 Å². The Bertz CT molecular complexity index is 857. The van der Waals surface area contributed by atoms with E-state index in [1.165, 1.54) is 5.56 Å². The minimum atomic E-state index is -3.06. The van der Waals surface area contributed by atoms with Crippen molar-refractivity contribution in [2.45, 2.75) is 45.6 Å². The van der Waals surface area contributed by atoms with Crippen LogP contribution in [0.25, 0.3) is 0 Å². The van der Waals surface area contributed by atoms with Crippen molar-refractivity contribution in [3.63, 3.8) is 0 Å². The summed E-state index contributed by atoms with van der Waals surface area (Å²) < 4.78 is 26.7. The van der Waals surface area contributed by atoms with Gasteiger partial charge in [-0.2, -0.15) is 8.78 Å². The van der Waals surface area contributed by atoms with Crippen LogP contribution >= 0.6 is 0 Å². The van der Waals surface area contributed by atoms with E-state index >= 15 is 0 Å². The Labute approximate surface area is 182 Å². The van der Waals surface area contributed by atoms with Crippen LogP contribution in [-0.4, -0.2) is 37.2 Å². The number of pyridine rings is 1. The van der Waals surface area contributed by atoms with Gasteiger partial charge in [-0.1, -0.05) is 25.1 Å². The molecule has 0 saturated heterocycles. The number of nitrogens with one attached hydrogen (secondary N) is 2. The number of halogens is 2. The lowest BCUT2D eigenvalue weighted by molar-refractivity contribution is -0.696. The van der Waals surface area contributed by atoms with E-state index in [0.29, 0.717) is 24.6 Å². The monoisotopic (exact) mass is 433 g/mol. The second kappa shape index (κ2) is 12.0. The molecule has 8 heteroatoms. The molecule has 1 unspecified atom stereocenters. The summed E-state index contributed by atoms with van der Waals surface area (Å²) in [6.07, 6.45) is 4.03. The van der Waals surface area contributed by atoms with Crippen LogP contribution in [0, 0.1) is 5.92 Å². The number of aromatic nitrogens is 1. The Morgan fingerprint density at radius 1 is 1.10 bits per heavy atom. The highest BCUT2D eigenvalue weighted by Crippen LogP contribution is 2.21. The maximum atomic E-state index is 12.4. The van der Waals surface area contributed by atoms with Gasteiger partial charge in [-0.15, -0.1) is 0 Å². The van der Waals surface area contributed by atoms with Crippen LogP contribution < -0.4 is 15.4 Å². The molecule has 0 saturated carbocycles. The fourth-order valence-corrected chi connectivity index (χ4v) is 3.15. The number of rotatable bonds is 11. The standard InChI is InChI=1S/C23H30F2N4O2/c1-17(16-19-6-4-5-7-20(19)26-27-23(31)22(24)25)8-9-18-10-13-29(14-11-18)15-12-21(30)28(2)3/h4-7,10-11,13-14,17,22,26H,8-9,12,15-16H2,1-3H3/p+1. The van der Waals surface area contributed by atoms with Crippen molar-refractivity contribution in [2.24, 2.45) is 5.92 Å². The van der Waals surface area contributed by atoms with E-state index in [9.17, 15) is 18.4 Å². The maximum Gasteiger partial charge on any atom is 0.317 e. The molecular formula is C23H31F2N4O2+. The van der Waals surface area contributed by atoms with Crippen molar-refractivity contribution in [2.75, 3.05) is 19.5 Å². The Kier molecular flexibility index (Phi) is 9.37. The number of benzene rings is 1. The molecule has 0 aliphatic carbocycles. The lowest BCUT2D eigenvalue weighted by atomic mass is 9.94. The first kappa shape index (κ1) is 24.2. The van der Waals surface area contributed by atoms with Gasteiger partial charge in [0, 0.05) is 26.2 Å². The van der Waals surface area contributed by atoms with Gasteiger partial charge < -0.3 is 4.90 Å². The number of hydrogen-bond donors (Lipinski definition) is 2. The van der Waals surface area contributed by atoms with Crippen LogP contribution in [0.4, 0.5) is 14.5 Å². The number of carbonyl (C=O) groups excluding carboxylic acids is 2. The molecule has 0 fully saturated rings. The topological polar surface area (TPSA) is 65.3 Å². The average Bonchev–Trinajstić information content (AvgIpc) is 2.75. The Balaban J connectivity index is 1.83. The quantitative estimate of drug-likeness (QED) is 0.423. The average molecular weight is 434 g/mol.